The van der Waals surface area contributed by atoms with Crippen LogP contribution in [0.4, 0.5) is 0 Å². The zero-order valence-corrected chi connectivity index (χ0v) is 12.4. The van der Waals surface area contributed by atoms with Crippen molar-refractivity contribution in [2.24, 2.45) is 16.3 Å². The van der Waals surface area contributed by atoms with E-state index in [9.17, 15) is 9.59 Å². The van der Waals surface area contributed by atoms with Gasteiger partial charge in [-0.25, -0.2) is 0 Å². The van der Waals surface area contributed by atoms with Crippen molar-refractivity contribution in [1.29, 1.82) is 0 Å². The molecule has 20 heavy (non-hydrogen) atoms. The Kier molecular flexibility index (Phi) is 3.45. The van der Waals surface area contributed by atoms with E-state index >= 15 is 0 Å². The van der Waals surface area contributed by atoms with E-state index in [0.29, 0.717) is 12.1 Å². The molecule has 0 unspecified atom stereocenters. The summed E-state index contributed by atoms with van der Waals surface area (Å²) in [4.78, 5) is 24.1. The lowest BCUT2D eigenvalue weighted by atomic mass is 9.77. The van der Waals surface area contributed by atoms with E-state index in [1.165, 1.54) is 0 Å². The van der Waals surface area contributed by atoms with E-state index in [4.69, 9.17) is 15.2 Å². The lowest BCUT2D eigenvalue weighted by molar-refractivity contribution is -0.158. The molecule has 8 heteroatoms. The van der Waals surface area contributed by atoms with Crippen LogP contribution < -0.4 is 11.2 Å². The van der Waals surface area contributed by atoms with Crippen molar-refractivity contribution in [3.8, 4) is 0 Å². The first-order chi connectivity index (χ1) is 9.19. The molecule has 0 aromatic rings. The number of esters is 2. The predicted octanol–water partition coefficient (Wildman–Crippen LogP) is 0.223. The van der Waals surface area contributed by atoms with E-state index in [1.54, 1.807) is 20.8 Å². The summed E-state index contributed by atoms with van der Waals surface area (Å²) in [5.41, 5.74) is 6.05. The standard InChI is InChI=1S/C12H17N3O4S/c1-6-4-12(8(16)18-6)5-11(3,19-9(12)17)7(2)14-15-10(13)20/h6H,4-5H2,1-3H3,(H3,13,15,20)/b14-7-/t6-,11+,12-/m0/s1. The molecule has 2 rings (SSSR count). The van der Waals surface area contributed by atoms with Crippen LogP contribution in [0.15, 0.2) is 5.10 Å². The quantitative estimate of drug-likeness (QED) is 0.247. The average Bonchev–Trinajstić information content (AvgIpc) is 2.75. The first-order valence-electron chi connectivity index (χ1n) is 6.24. The van der Waals surface area contributed by atoms with Gasteiger partial charge in [-0.05, 0) is 33.0 Å². The van der Waals surface area contributed by atoms with Crippen molar-refractivity contribution in [2.45, 2.75) is 45.3 Å². The zero-order valence-electron chi connectivity index (χ0n) is 11.6. The van der Waals surface area contributed by atoms with Crippen molar-refractivity contribution in [2.75, 3.05) is 0 Å². The Bertz CT molecular complexity index is 521. The third-order valence-electron chi connectivity index (χ3n) is 3.78. The second kappa shape index (κ2) is 4.69. The van der Waals surface area contributed by atoms with Crippen molar-refractivity contribution >= 4 is 35.0 Å². The molecule has 3 N–H and O–H groups in total. The Labute approximate surface area is 121 Å². The molecular weight excluding hydrogens is 282 g/mol. The van der Waals surface area contributed by atoms with E-state index in [2.05, 4.69) is 22.7 Å². The van der Waals surface area contributed by atoms with Crippen LogP contribution in [0.1, 0.15) is 33.6 Å². The summed E-state index contributed by atoms with van der Waals surface area (Å²) in [5.74, 6) is -1.08. The number of rotatable bonds is 2. The summed E-state index contributed by atoms with van der Waals surface area (Å²) < 4.78 is 10.5. The summed E-state index contributed by atoms with van der Waals surface area (Å²) in [7, 11) is 0. The van der Waals surface area contributed by atoms with Gasteiger partial charge in [0.15, 0.2) is 16.1 Å². The van der Waals surface area contributed by atoms with Crippen LogP contribution >= 0.6 is 12.2 Å². The molecule has 7 nitrogen and oxygen atoms in total. The maximum atomic E-state index is 12.2. The third-order valence-corrected chi connectivity index (χ3v) is 3.87. The number of cyclic esters (lactones) is 2. The maximum Gasteiger partial charge on any atom is 0.324 e. The van der Waals surface area contributed by atoms with E-state index in [1.807, 2.05) is 0 Å². The molecular formula is C12H17N3O4S. The number of hydrogen-bond donors (Lipinski definition) is 2. The molecule has 0 amide bonds. The molecule has 1 spiro atoms. The first-order valence-corrected chi connectivity index (χ1v) is 6.65. The fourth-order valence-electron chi connectivity index (χ4n) is 2.67. The summed E-state index contributed by atoms with van der Waals surface area (Å²) >= 11 is 4.66. The predicted molar refractivity (Wildman–Crippen MR) is 74.7 cm³/mol. The SMILES string of the molecule is C/C(=N/NC(N)=S)[C@@]1(C)C[C@]2(C[C@H](C)OC2=O)C(=O)O1. The van der Waals surface area contributed by atoms with Crippen LogP contribution in [0.5, 0.6) is 0 Å². The molecule has 0 saturated carbocycles. The highest BCUT2D eigenvalue weighted by molar-refractivity contribution is 7.80. The molecule has 0 bridgehead atoms. The Morgan fingerprint density at radius 3 is 2.65 bits per heavy atom. The minimum atomic E-state index is -1.21. The average molecular weight is 299 g/mol. The van der Waals surface area contributed by atoms with Crippen LogP contribution in [0.3, 0.4) is 0 Å². The molecule has 0 aliphatic carbocycles. The monoisotopic (exact) mass is 299 g/mol. The summed E-state index contributed by atoms with van der Waals surface area (Å²) in [6.07, 6.45) is 0.247. The van der Waals surface area contributed by atoms with Gasteiger partial charge in [0.1, 0.15) is 6.10 Å². The number of nitrogens with two attached hydrogens (primary N) is 1. The van der Waals surface area contributed by atoms with Crippen molar-refractivity contribution in [1.82, 2.24) is 5.43 Å². The molecule has 0 aromatic carbocycles. The van der Waals surface area contributed by atoms with E-state index in [-0.39, 0.29) is 17.6 Å². The Morgan fingerprint density at radius 2 is 2.15 bits per heavy atom. The fraction of sp³-hybridized carbons (Fsp3) is 0.667. The molecule has 3 atom stereocenters. The lowest BCUT2D eigenvalue weighted by Crippen LogP contribution is -2.37. The topological polar surface area (TPSA) is 103 Å². The Morgan fingerprint density at radius 1 is 1.50 bits per heavy atom. The van der Waals surface area contributed by atoms with Crippen molar-refractivity contribution in [3.63, 3.8) is 0 Å². The summed E-state index contributed by atoms with van der Waals surface area (Å²) in [6.45, 7) is 5.14. The van der Waals surface area contributed by atoms with Crippen molar-refractivity contribution in [3.05, 3.63) is 0 Å². The van der Waals surface area contributed by atoms with Gasteiger partial charge in [-0.3, -0.25) is 15.0 Å². The van der Waals surface area contributed by atoms with Gasteiger partial charge in [-0.2, -0.15) is 5.10 Å². The number of nitrogens with one attached hydrogen (secondary N) is 1. The second-order valence-corrected chi connectivity index (χ2v) is 5.91. The van der Waals surface area contributed by atoms with Gasteiger partial charge in [0.2, 0.25) is 0 Å². The number of hydrazone groups is 1. The van der Waals surface area contributed by atoms with Crippen LogP contribution in [0, 0.1) is 5.41 Å². The zero-order chi connectivity index (χ0) is 15.1. The molecule has 110 valence electrons. The van der Waals surface area contributed by atoms with E-state index < -0.39 is 23.0 Å². The minimum absolute atomic E-state index is 0.0147. The van der Waals surface area contributed by atoms with Crippen molar-refractivity contribution < 1.29 is 19.1 Å². The molecule has 2 aliphatic rings. The number of carbonyl (C=O) groups excluding carboxylic acids is 2. The second-order valence-electron chi connectivity index (χ2n) is 5.47. The van der Waals surface area contributed by atoms with Crippen LogP contribution in [-0.4, -0.2) is 34.5 Å². The molecule has 2 aliphatic heterocycles. The molecule has 0 radical (unpaired) electrons. The summed E-state index contributed by atoms with van der Waals surface area (Å²) in [6, 6.07) is 0. The number of thiocarbonyl (C=S) groups is 1. The molecule has 0 aromatic heterocycles. The smallest absolute Gasteiger partial charge is 0.324 e. The third kappa shape index (κ3) is 2.24. The highest BCUT2D eigenvalue weighted by Gasteiger charge is 2.64. The number of ether oxygens (including phenoxy) is 2. The fourth-order valence-corrected chi connectivity index (χ4v) is 2.71. The number of hydrogen-bond acceptors (Lipinski definition) is 6. The highest BCUT2D eigenvalue weighted by Crippen LogP contribution is 2.49. The summed E-state index contributed by atoms with van der Waals surface area (Å²) in [5, 5.41) is 4.00. The first kappa shape index (κ1) is 14.7. The van der Waals surface area contributed by atoms with Crippen LogP contribution in [0.25, 0.3) is 0 Å². The van der Waals surface area contributed by atoms with E-state index in [0.717, 1.165) is 0 Å². The molecule has 2 heterocycles. The van der Waals surface area contributed by atoms with Gasteiger partial charge in [-0.15, -0.1) is 0 Å². The van der Waals surface area contributed by atoms with Gasteiger partial charge in [0.05, 0.1) is 5.71 Å². The Hall–Kier alpha value is -1.70. The van der Waals surface area contributed by atoms with Gasteiger partial charge < -0.3 is 15.2 Å². The van der Waals surface area contributed by atoms with Gasteiger partial charge >= 0.3 is 11.9 Å². The van der Waals surface area contributed by atoms with Crippen LogP contribution in [-0.2, 0) is 19.1 Å². The molecule has 2 saturated heterocycles. The minimum Gasteiger partial charge on any atom is -0.462 e. The highest BCUT2D eigenvalue weighted by atomic mass is 32.1. The normalized spacial score (nSPS) is 37.0. The largest absolute Gasteiger partial charge is 0.462 e. The lowest BCUT2D eigenvalue weighted by Gasteiger charge is -2.22. The number of nitrogens with zero attached hydrogens (tertiary/aromatic N) is 1. The van der Waals surface area contributed by atoms with Crippen LogP contribution in [0.2, 0.25) is 0 Å². The molecule has 2 fully saturated rings. The van der Waals surface area contributed by atoms with Gasteiger partial charge in [-0.1, -0.05) is 0 Å². The number of carbonyl (C=O) groups is 2. The Balaban J connectivity index is 2.25. The van der Waals surface area contributed by atoms with Gasteiger partial charge in [0.25, 0.3) is 0 Å². The maximum absolute atomic E-state index is 12.2. The van der Waals surface area contributed by atoms with Gasteiger partial charge in [0, 0.05) is 12.8 Å².